The predicted octanol–water partition coefficient (Wildman–Crippen LogP) is 4.16. The maximum absolute atomic E-state index is 12.1. The lowest BCUT2D eigenvalue weighted by Crippen LogP contribution is -2.17. The quantitative estimate of drug-likeness (QED) is 0.574. The van der Waals surface area contributed by atoms with Crippen LogP contribution in [0.2, 0.25) is 0 Å². The summed E-state index contributed by atoms with van der Waals surface area (Å²) < 4.78 is 6.44. The van der Waals surface area contributed by atoms with Gasteiger partial charge in [-0.1, -0.05) is 17.7 Å². The van der Waals surface area contributed by atoms with Crippen molar-refractivity contribution in [2.24, 2.45) is 0 Å². The topological polar surface area (TPSA) is 26.3 Å². The van der Waals surface area contributed by atoms with Gasteiger partial charge in [-0.25, -0.2) is 4.79 Å². The zero-order valence-corrected chi connectivity index (χ0v) is 12.4. The van der Waals surface area contributed by atoms with Crippen molar-refractivity contribution in [1.29, 1.82) is 0 Å². The van der Waals surface area contributed by atoms with E-state index in [2.05, 4.69) is 0 Å². The average molecular weight is 317 g/mol. The van der Waals surface area contributed by atoms with Gasteiger partial charge in [0.05, 0.1) is 14.8 Å². The third-order valence-corrected chi connectivity index (χ3v) is 6.52. The van der Waals surface area contributed by atoms with E-state index in [1.807, 2.05) is 23.6 Å². The SMILES string of the molecule is O=C1OC(c2cccs2)C=C(Cl)C1=C1SCCS1. The molecule has 3 heterocycles. The van der Waals surface area contributed by atoms with Crippen molar-refractivity contribution in [2.75, 3.05) is 11.5 Å². The molecule has 0 N–H and O–H groups in total. The third-order valence-electron chi connectivity index (χ3n) is 2.55. The number of cyclic esters (lactones) is 1. The summed E-state index contributed by atoms with van der Waals surface area (Å²) in [6, 6.07) is 3.88. The molecule has 1 aromatic rings. The van der Waals surface area contributed by atoms with Gasteiger partial charge in [-0.05, 0) is 17.5 Å². The van der Waals surface area contributed by atoms with Gasteiger partial charge in [0.2, 0.25) is 0 Å². The van der Waals surface area contributed by atoms with Gasteiger partial charge in [-0.2, -0.15) is 0 Å². The van der Waals surface area contributed by atoms with Gasteiger partial charge < -0.3 is 4.74 Å². The van der Waals surface area contributed by atoms with Crippen LogP contribution in [0.1, 0.15) is 11.0 Å². The summed E-state index contributed by atoms with van der Waals surface area (Å²) in [5.74, 6) is 1.74. The Morgan fingerprint density at radius 1 is 1.33 bits per heavy atom. The smallest absolute Gasteiger partial charge is 0.342 e. The highest BCUT2D eigenvalue weighted by molar-refractivity contribution is 8.25. The van der Waals surface area contributed by atoms with Crippen LogP contribution >= 0.6 is 46.5 Å². The minimum absolute atomic E-state index is 0.308. The largest absolute Gasteiger partial charge is 0.449 e. The van der Waals surface area contributed by atoms with Crippen LogP contribution in [0, 0.1) is 0 Å². The van der Waals surface area contributed by atoms with E-state index in [0.29, 0.717) is 10.6 Å². The van der Waals surface area contributed by atoms with Crippen LogP contribution in [0.3, 0.4) is 0 Å². The van der Waals surface area contributed by atoms with E-state index in [4.69, 9.17) is 16.3 Å². The molecule has 0 bridgehead atoms. The second kappa shape index (κ2) is 5.33. The van der Waals surface area contributed by atoms with E-state index in [1.165, 1.54) is 0 Å². The molecule has 1 aromatic heterocycles. The second-order valence-corrected chi connectivity index (χ2v) is 7.57. The molecule has 1 atom stereocenters. The van der Waals surface area contributed by atoms with Crippen LogP contribution in [-0.2, 0) is 9.53 Å². The molecule has 1 saturated heterocycles. The van der Waals surface area contributed by atoms with Gasteiger partial charge in [-0.15, -0.1) is 34.9 Å². The summed E-state index contributed by atoms with van der Waals surface area (Å²) >= 11 is 11.2. The number of ether oxygens (including phenoxy) is 1. The standard InChI is InChI=1S/C12H9ClO2S3/c13-7-6-8(9-2-1-3-16-9)15-11(14)10(7)12-17-4-5-18-12/h1-3,6,8H,4-5H2. The number of esters is 1. The first-order valence-electron chi connectivity index (χ1n) is 5.37. The fourth-order valence-electron chi connectivity index (χ4n) is 1.75. The molecule has 3 rings (SSSR count). The summed E-state index contributed by atoms with van der Waals surface area (Å²) in [5.41, 5.74) is 0.539. The summed E-state index contributed by atoms with van der Waals surface area (Å²) in [6.07, 6.45) is 1.47. The van der Waals surface area contributed by atoms with Crippen molar-refractivity contribution < 1.29 is 9.53 Å². The molecule has 18 heavy (non-hydrogen) atoms. The molecule has 0 saturated carbocycles. The Labute approximate surface area is 122 Å². The molecule has 1 unspecified atom stereocenters. The lowest BCUT2D eigenvalue weighted by Gasteiger charge is -2.21. The Bertz CT molecular complexity index is 526. The number of carbonyl (C=O) groups is 1. The van der Waals surface area contributed by atoms with E-state index in [1.54, 1.807) is 34.9 Å². The summed E-state index contributed by atoms with van der Waals surface area (Å²) in [7, 11) is 0. The van der Waals surface area contributed by atoms with Gasteiger partial charge in [-0.3, -0.25) is 0 Å². The Morgan fingerprint density at radius 2 is 2.11 bits per heavy atom. The molecule has 2 aliphatic heterocycles. The molecule has 0 radical (unpaired) electrons. The molecule has 6 heteroatoms. The van der Waals surface area contributed by atoms with E-state index in [0.717, 1.165) is 20.6 Å². The molecule has 2 nitrogen and oxygen atoms in total. The number of carbonyl (C=O) groups excluding carboxylic acids is 1. The summed E-state index contributed by atoms with van der Waals surface area (Å²) in [6.45, 7) is 0. The number of hydrogen-bond donors (Lipinski definition) is 0. The van der Waals surface area contributed by atoms with Gasteiger partial charge in [0, 0.05) is 16.4 Å². The fourth-order valence-corrected chi connectivity index (χ4v) is 5.42. The highest BCUT2D eigenvalue weighted by Crippen LogP contribution is 2.44. The number of halogens is 1. The Morgan fingerprint density at radius 3 is 2.72 bits per heavy atom. The first-order valence-corrected chi connectivity index (χ1v) is 8.60. The molecule has 0 aliphatic carbocycles. The van der Waals surface area contributed by atoms with Crippen LogP contribution in [0.4, 0.5) is 0 Å². The van der Waals surface area contributed by atoms with E-state index < -0.39 is 0 Å². The number of thioether (sulfide) groups is 2. The molecular formula is C12H9ClO2S3. The summed E-state index contributed by atoms with van der Waals surface area (Å²) in [4.78, 5) is 13.1. The normalized spacial score (nSPS) is 24.2. The third kappa shape index (κ3) is 2.37. The highest BCUT2D eigenvalue weighted by Gasteiger charge is 2.31. The summed E-state index contributed by atoms with van der Waals surface area (Å²) in [5, 5.41) is 2.48. The van der Waals surface area contributed by atoms with Gasteiger partial charge in [0.1, 0.15) is 0 Å². The van der Waals surface area contributed by atoms with E-state index in [9.17, 15) is 4.79 Å². The highest BCUT2D eigenvalue weighted by atomic mass is 35.5. The lowest BCUT2D eigenvalue weighted by molar-refractivity contribution is -0.142. The molecule has 94 valence electrons. The van der Waals surface area contributed by atoms with Crippen LogP contribution in [0.25, 0.3) is 0 Å². The van der Waals surface area contributed by atoms with Crippen molar-refractivity contribution in [3.8, 4) is 0 Å². The zero-order chi connectivity index (χ0) is 12.5. The Hall–Kier alpha value is -0.360. The van der Waals surface area contributed by atoms with Crippen molar-refractivity contribution in [1.82, 2.24) is 0 Å². The Balaban J connectivity index is 1.96. The second-order valence-electron chi connectivity index (χ2n) is 3.72. The molecule has 0 amide bonds. The average Bonchev–Trinajstić information content (AvgIpc) is 3.01. The van der Waals surface area contributed by atoms with Crippen molar-refractivity contribution in [3.63, 3.8) is 0 Å². The number of rotatable bonds is 1. The van der Waals surface area contributed by atoms with E-state index >= 15 is 0 Å². The minimum Gasteiger partial charge on any atom is -0.449 e. The zero-order valence-electron chi connectivity index (χ0n) is 9.22. The maximum Gasteiger partial charge on any atom is 0.342 e. The first-order chi connectivity index (χ1) is 8.75. The van der Waals surface area contributed by atoms with Crippen LogP contribution < -0.4 is 0 Å². The molecule has 0 spiro atoms. The molecule has 0 aromatic carbocycles. The predicted molar refractivity (Wildman–Crippen MR) is 79.0 cm³/mol. The number of hydrogen-bond acceptors (Lipinski definition) is 5. The molecular weight excluding hydrogens is 308 g/mol. The van der Waals surface area contributed by atoms with Gasteiger partial charge in [0.15, 0.2) is 6.10 Å². The first kappa shape index (κ1) is 12.7. The van der Waals surface area contributed by atoms with Crippen LogP contribution in [0.15, 0.2) is 38.4 Å². The van der Waals surface area contributed by atoms with Crippen molar-refractivity contribution in [3.05, 3.63) is 43.3 Å². The lowest BCUT2D eigenvalue weighted by atomic mass is 10.1. The molecule has 1 fully saturated rings. The van der Waals surface area contributed by atoms with Gasteiger partial charge >= 0.3 is 5.97 Å². The Kier molecular flexibility index (Phi) is 3.75. The van der Waals surface area contributed by atoms with Crippen molar-refractivity contribution in [2.45, 2.75) is 6.10 Å². The minimum atomic E-state index is -0.342. The maximum atomic E-state index is 12.1. The van der Waals surface area contributed by atoms with Crippen LogP contribution in [0.5, 0.6) is 0 Å². The molecule has 2 aliphatic rings. The van der Waals surface area contributed by atoms with E-state index in [-0.39, 0.29) is 12.1 Å². The van der Waals surface area contributed by atoms with Gasteiger partial charge in [0.25, 0.3) is 0 Å². The van der Waals surface area contributed by atoms with Crippen LogP contribution in [-0.4, -0.2) is 17.5 Å². The number of thiophene rings is 1. The monoisotopic (exact) mass is 316 g/mol. The fraction of sp³-hybridized carbons (Fsp3) is 0.250. The van der Waals surface area contributed by atoms with Crippen molar-refractivity contribution >= 4 is 52.4 Å².